The van der Waals surface area contributed by atoms with Crippen molar-refractivity contribution >= 4 is 18.3 Å². The predicted octanol–water partition coefficient (Wildman–Crippen LogP) is 2.85. The van der Waals surface area contributed by atoms with Crippen LogP contribution in [0.15, 0.2) is 24.3 Å². The van der Waals surface area contributed by atoms with E-state index in [1.54, 1.807) is 0 Å². The molecule has 2 aliphatic rings. The number of hydrogen-bond acceptors (Lipinski definition) is 3. The van der Waals surface area contributed by atoms with E-state index >= 15 is 0 Å². The summed E-state index contributed by atoms with van der Waals surface area (Å²) >= 11 is 0. The molecule has 1 unspecified atom stereocenters. The van der Waals surface area contributed by atoms with Crippen LogP contribution < -0.4 is 11.1 Å². The maximum atomic E-state index is 13.2. The molecule has 1 saturated carbocycles. The molecule has 1 aromatic rings. The van der Waals surface area contributed by atoms with E-state index in [9.17, 15) is 9.18 Å². The molecule has 0 radical (unpaired) electrons. The number of carbonyl (C=O) groups is 1. The quantitative estimate of drug-likeness (QED) is 0.794. The summed E-state index contributed by atoms with van der Waals surface area (Å²) in [6, 6.07) is 6.80. The average Bonchev–Trinajstić information content (AvgIpc) is 3.22. The minimum atomic E-state index is -0.210. The number of nitrogens with one attached hydrogen (secondary N) is 1. The molecule has 3 rings (SSSR count). The van der Waals surface area contributed by atoms with Crippen molar-refractivity contribution in [1.29, 1.82) is 0 Å². The molecule has 1 saturated heterocycles. The van der Waals surface area contributed by atoms with Gasteiger partial charge < -0.3 is 11.1 Å². The molecule has 1 atom stereocenters. The Morgan fingerprint density at radius 3 is 2.46 bits per heavy atom. The Bertz CT molecular complexity index is 604. The first-order valence-corrected chi connectivity index (χ1v) is 9.40. The fraction of sp³-hybridized carbons (Fsp3) is 0.650. The molecule has 1 aromatic carbocycles. The average molecular weight is 384 g/mol. The monoisotopic (exact) mass is 383 g/mol. The van der Waals surface area contributed by atoms with Gasteiger partial charge in [0.25, 0.3) is 0 Å². The normalized spacial score (nSPS) is 25.0. The van der Waals surface area contributed by atoms with Gasteiger partial charge in [0.1, 0.15) is 5.82 Å². The second-order valence-corrected chi connectivity index (χ2v) is 8.25. The third kappa shape index (κ3) is 4.76. The maximum Gasteiger partial charge on any atom is 0.234 e. The number of carbonyl (C=O) groups excluding carboxylic acids is 1. The Morgan fingerprint density at radius 1 is 1.23 bits per heavy atom. The van der Waals surface area contributed by atoms with Crippen LogP contribution in [0, 0.1) is 11.2 Å². The molecular formula is C20H31ClFN3O. The molecule has 26 heavy (non-hydrogen) atoms. The number of nitrogens with zero attached hydrogens (tertiary/aromatic N) is 1. The molecule has 1 aliphatic heterocycles. The Kier molecular flexibility index (Phi) is 7.05. The highest BCUT2D eigenvalue weighted by molar-refractivity contribution is 5.85. The van der Waals surface area contributed by atoms with Crippen molar-refractivity contribution in [1.82, 2.24) is 10.2 Å². The van der Waals surface area contributed by atoms with Crippen LogP contribution in [-0.2, 0) is 10.2 Å². The second kappa shape index (κ2) is 8.68. The number of amides is 1. The molecular weight excluding hydrogens is 353 g/mol. The molecule has 146 valence electrons. The predicted molar refractivity (Wildman–Crippen MR) is 105 cm³/mol. The van der Waals surface area contributed by atoms with Crippen molar-refractivity contribution in [3.8, 4) is 0 Å². The van der Waals surface area contributed by atoms with E-state index in [1.807, 2.05) is 12.1 Å². The summed E-state index contributed by atoms with van der Waals surface area (Å²) in [7, 11) is 0. The topological polar surface area (TPSA) is 58.4 Å². The lowest BCUT2D eigenvalue weighted by Gasteiger charge is -2.30. The van der Waals surface area contributed by atoms with E-state index in [0.717, 1.165) is 50.8 Å². The van der Waals surface area contributed by atoms with Gasteiger partial charge in [-0.15, -0.1) is 12.4 Å². The van der Waals surface area contributed by atoms with Crippen molar-refractivity contribution in [3.63, 3.8) is 0 Å². The van der Waals surface area contributed by atoms with Crippen molar-refractivity contribution in [3.05, 3.63) is 35.6 Å². The molecule has 2 fully saturated rings. The molecule has 4 nitrogen and oxygen atoms in total. The third-order valence-corrected chi connectivity index (χ3v) is 6.14. The summed E-state index contributed by atoms with van der Waals surface area (Å²) < 4.78 is 13.2. The number of halogens is 2. The highest BCUT2D eigenvalue weighted by atomic mass is 35.5. The SMILES string of the molecule is CC1(CN)CCN(CC(=O)NCC2(c3ccc(F)cc3)CCCC2)C1.Cl. The summed E-state index contributed by atoms with van der Waals surface area (Å²) in [5.74, 6) is -0.132. The minimum absolute atomic E-state index is 0. The molecule has 3 N–H and O–H groups in total. The highest BCUT2D eigenvalue weighted by Gasteiger charge is 2.37. The van der Waals surface area contributed by atoms with E-state index in [-0.39, 0.29) is 35.0 Å². The molecule has 1 aliphatic carbocycles. The van der Waals surface area contributed by atoms with Gasteiger partial charge in [-0.2, -0.15) is 0 Å². The number of hydrogen-bond donors (Lipinski definition) is 2. The van der Waals surface area contributed by atoms with Gasteiger partial charge in [-0.05, 0) is 55.5 Å². The van der Waals surface area contributed by atoms with E-state index in [2.05, 4.69) is 17.1 Å². The van der Waals surface area contributed by atoms with Gasteiger partial charge >= 0.3 is 0 Å². The van der Waals surface area contributed by atoms with Gasteiger partial charge in [0, 0.05) is 18.5 Å². The largest absolute Gasteiger partial charge is 0.354 e. The Balaban J connectivity index is 0.00000243. The van der Waals surface area contributed by atoms with Crippen LogP contribution in [0.1, 0.15) is 44.6 Å². The lowest BCUT2D eigenvalue weighted by atomic mass is 9.79. The summed E-state index contributed by atoms with van der Waals surface area (Å²) in [5.41, 5.74) is 7.08. The van der Waals surface area contributed by atoms with Crippen molar-refractivity contribution in [2.45, 2.75) is 44.4 Å². The van der Waals surface area contributed by atoms with Gasteiger partial charge in [-0.25, -0.2) is 4.39 Å². The number of rotatable bonds is 6. The van der Waals surface area contributed by atoms with Crippen LogP contribution in [0.2, 0.25) is 0 Å². The summed E-state index contributed by atoms with van der Waals surface area (Å²) in [4.78, 5) is 14.6. The molecule has 0 spiro atoms. The zero-order valence-electron chi connectivity index (χ0n) is 15.6. The third-order valence-electron chi connectivity index (χ3n) is 6.14. The van der Waals surface area contributed by atoms with Crippen LogP contribution in [0.25, 0.3) is 0 Å². The lowest BCUT2D eigenvalue weighted by molar-refractivity contribution is -0.122. The fourth-order valence-electron chi connectivity index (χ4n) is 4.38. The van der Waals surface area contributed by atoms with E-state index < -0.39 is 0 Å². The molecule has 1 amide bonds. The Hall–Kier alpha value is -1.17. The fourth-order valence-corrected chi connectivity index (χ4v) is 4.38. The number of benzene rings is 1. The van der Waals surface area contributed by atoms with Gasteiger partial charge in [-0.1, -0.05) is 31.9 Å². The Labute approximate surface area is 162 Å². The zero-order valence-corrected chi connectivity index (χ0v) is 16.4. The van der Waals surface area contributed by atoms with Crippen LogP contribution in [0.4, 0.5) is 4.39 Å². The van der Waals surface area contributed by atoms with Gasteiger partial charge in [0.05, 0.1) is 6.54 Å². The molecule has 0 aromatic heterocycles. The summed E-state index contributed by atoms with van der Waals surface area (Å²) in [6.07, 6.45) is 5.47. The van der Waals surface area contributed by atoms with Gasteiger partial charge in [0.15, 0.2) is 0 Å². The summed E-state index contributed by atoms with van der Waals surface area (Å²) in [5, 5.41) is 3.15. The highest BCUT2D eigenvalue weighted by Crippen LogP contribution is 2.40. The number of nitrogens with two attached hydrogens (primary N) is 1. The summed E-state index contributed by atoms with van der Waals surface area (Å²) in [6.45, 7) is 5.75. The van der Waals surface area contributed by atoms with Gasteiger partial charge in [-0.3, -0.25) is 9.69 Å². The van der Waals surface area contributed by atoms with Crippen LogP contribution in [-0.4, -0.2) is 43.5 Å². The van der Waals surface area contributed by atoms with E-state index in [1.165, 1.54) is 12.1 Å². The molecule has 0 bridgehead atoms. The first-order valence-electron chi connectivity index (χ1n) is 9.40. The first kappa shape index (κ1) is 21.1. The standard InChI is InChI=1S/C20H30FN3O.ClH/c1-19(13-22)10-11-24(15-19)12-18(25)23-14-20(8-2-3-9-20)16-4-6-17(21)7-5-16;/h4-7H,2-3,8-15,22H2,1H3,(H,23,25);1H. The molecule has 6 heteroatoms. The van der Waals surface area contributed by atoms with Crippen LogP contribution in [0.3, 0.4) is 0 Å². The maximum absolute atomic E-state index is 13.2. The van der Waals surface area contributed by atoms with Crippen molar-refractivity contribution < 1.29 is 9.18 Å². The minimum Gasteiger partial charge on any atom is -0.354 e. The lowest BCUT2D eigenvalue weighted by Crippen LogP contribution is -2.43. The number of likely N-dealkylation sites (tertiary alicyclic amines) is 1. The van der Waals surface area contributed by atoms with E-state index in [4.69, 9.17) is 5.73 Å². The van der Waals surface area contributed by atoms with Crippen LogP contribution in [0.5, 0.6) is 0 Å². The molecule has 1 heterocycles. The second-order valence-electron chi connectivity index (χ2n) is 8.25. The van der Waals surface area contributed by atoms with Crippen LogP contribution >= 0.6 is 12.4 Å². The smallest absolute Gasteiger partial charge is 0.234 e. The zero-order chi connectivity index (χ0) is 17.9. The van der Waals surface area contributed by atoms with Crippen molar-refractivity contribution in [2.24, 2.45) is 11.1 Å². The van der Waals surface area contributed by atoms with Gasteiger partial charge in [0.2, 0.25) is 5.91 Å². The first-order chi connectivity index (χ1) is 11.9. The Morgan fingerprint density at radius 2 is 1.88 bits per heavy atom. The van der Waals surface area contributed by atoms with E-state index in [0.29, 0.717) is 19.6 Å². The van der Waals surface area contributed by atoms with Crippen molar-refractivity contribution in [2.75, 3.05) is 32.7 Å².